The topological polar surface area (TPSA) is 49.8 Å². The Morgan fingerprint density at radius 3 is 2.70 bits per heavy atom. The van der Waals surface area contributed by atoms with E-state index in [9.17, 15) is 4.79 Å². The molecule has 1 aliphatic heterocycles. The van der Waals surface area contributed by atoms with Gasteiger partial charge in [0.25, 0.3) is 0 Å². The highest BCUT2D eigenvalue weighted by atomic mass is 16.1. The van der Waals surface area contributed by atoms with Gasteiger partial charge in [0, 0.05) is 11.4 Å². The van der Waals surface area contributed by atoms with E-state index in [1.807, 2.05) is 16.7 Å². The molecule has 1 aliphatic rings. The van der Waals surface area contributed by atoms with Gasteiger partial charge in [-0.15, -0.1) is 0 Å². The second-order valence-electron chi connectivity index (χ2n) is 5.46. The maximum atomic E-state index is 12.4. The molecular weight excluding hydrogens is 250 g/mol. The smallest absolute Gasteiger partial charge is 0.317 e. The summed E-state index contributed by atoms with van der Waals surface area (Å²) >= 11 is 0. The zero-order valence-corrected chi connectivity index (χ0v) is 11.2. The fraction of sp³-hybridized carbons (Fsp3) is 0.312. The molecule has 2 N–H and O–H groups in total. The molecular formula is C16H17N3O. The summed E-state index contributed by atoms with van der Waals surface area (Å²) in [4.78, 5) is 15.4. The molecule has 2 heterocycles. The normalized spacial score (nSPS) is 17.0. The molecule has 20 heavy (non-hydrogen) atoms. The lowest BCUT2D eigenvalue weighted by Gasteiger charge is -2.23. The van der Waals surface area contributed by atoms with Crippen LogP contribution in [0, 0.1) is 0 Å². The molecule has 0 atom stereocenters. The van der Waals surface area contributed by atoms with Crippen LogP contribution in [0.25, 0.3) is 21.8 Å². The number of aromatic amines is 1. The highest BCUT2D eigenvalue weighted by molar-refractivity contribution is 6.04. The van der Waals surface area contributed by atoms with Crippen molar-refractivity contribution in [3.8, 4) is 0 Å². The number of imidazole rings is 1. The zero-order valence-electron chi connectivity index (χ0n) is 11.2. The van der Waals surface area contributed by atoms with Gasteiger partial charge in [-0.25, -0.2) is 4.79 Å². The summed E-state index contributed by atoms with van der Waals surface area (Å²) in [5.41, 5.74) is 2.01. The van der Waals surface area contributed by atoms with Gasteiger partial charge in [0.15, 0.2) is 0 Å². The molecule has 4 heteroatoms. The van der Waals surface area contributed by atoms with Gasteiger partial charge in [-0.05, 0) is 37.4 Å². The predicted molar refractivity (Wildman–Crippen MR) is 81.2 cm³/mol. The number of nitrogens with zero attached hydrogens (tertiary/aromatic N) is 1. The first-order valence-corrected chi connectivity index (χ1v) is 7.17. The Morgan fingerprint density at radius 2 is 1.85 bits per heavy atom. The van der Waals surface area contributed by atoms with Crippen molar-refractivity contribution in [1.29, 1.82) is 0 Å². The Labute approximate surface area is 116 Å². The number of nitrogens with one attached hydrogen (secondary N) is 2. The monoisotopic (exact) mass is 267 g/mol. The van der Waals surface area contributed by atoms with Crippen LogP contribution in [0.1, 0.15) is 18.9 Å². The minimum atomic E-state index is 0.0169. The van der Waals surface area contributed by atoms with Gasteiger partial charge in [0.05, 0.1) is 11.0 Å². The summed E-state index contributed by atoms with van der Waals surface area (Å²) in [6, 6.07) is 12.7. The Hall–Kier alpha value is -2.07. The number of fused-ring (bicyclic) bond motifs is 3. The van der Waals surface area contributed by atoms with Gasteiger partial charge >= 0.3 is 5.69 Å². The van der Waals surface area contributed by atoms with Crippen molar-refractivity contribution in [2.75, 3.05) is 13.1 Å². The summed E-state index contributed by atoms with van der Waals surface area (Å²) in [5, 5.41) is 5.63. The quantitative estimate of drug-likeness (QED) is 0.711. The van der Waals surface area contributed by atoms with E-state index < -0.39 is 0 Å². The summed E-state index contributed by atoms with van der Waals surface area (Å²) in [6.07, 6.45) is 2.03. The number of rotatable bonds is 1. The fourth-order valence-corrected chi connectivity index (χ4v) is 3.30. The summed E-state index contributed by atoms with van der Waals surface area (Å²) in [6.45, 7) is 1.97. The van der Waals surface area contributed by atoms with Crippen LogP contribution in [-0.2, 0) is 0 Å². The third kappa shape index (κ3) is 1.68. The molecule has 4 rings (SSSR count). The predicted octanol–water partition coefficient (Wildman–Crippen LogP) is 2.41. The van der Waals surface area contributed by atoms with Gasteiger partial charge < -0.3 is 10.3 Å². The van der Waals surface area contributed by atoms with E-state index in [0.717, 1.165) is 42.4 Å². The minimum Gasteiger partial charge on any atom is -0.317 e. The van der Waals surface area contributed by atoms with E-state index >= 15 is 0 Å². The Bertz CT molecular complexity index is 824. The molecule has 0 bridgehead atoms. The van der Waals surface area contributed by atoms with Crippen molar-refractivity contribution < 1.29 is 0 Å². The third-order valence-electron chi connectivity index (χ3n) is 4.29. The second kappa shape index (κ2) is 4.49. The molecule has 1 saturated heterocycles. The van der Waals surface area contributed by atoms with Crippen LogP contribution in [0.4, 0.5) is 0 Å². The van der Waals surface area contributed by atoms with Gasteiger partial charge in [0.2, 0.25) is 0 Å². The van der Waals surface area contributed by atoms with E-state index in [1.165, 1.54) is 5.39 Å². The van der Waals surface area contributed by atoms with Crippen molar-refractivity contribution in [3.63, 3.8) is 0 Å². The lowest BCUT2D eigenvalue weighted by Crippen LogP contribution is -2.33. The molecule has 0 spiro atoms. The first-order valence-electron chi connectivity index (χ1n) is 7.17. The Kier molecular flexibility index (Phi) is 2.63. The average molecular weight is 267 g/mol. The number of piperidine rings is 1. The third-order valence-corrected chi connectivity index (χ3v) is 4.29. The summed E-state index contributed by atoms with van der Waals surface area (Å²) in [5.74, 6) is 0. The zero-order chi connectivity index (χ0) is 13.5. The Morgan fingerprint density at radius 1 is 1.05 bits per heavy atom. The van der Waals surface area contributed by atoms with Gasteiger partial charge in [-0.2, -0.15) is 0 Å². The van der Waals surface area contributed by atoms with Crippen LogP contribution < -0.4 is 11.0 Å². The molecule has 4 nitrogen and oxygen atoms in total. The maximum Gasteiger partial charge on any atom is 0.326 e. The van der Waals surface area contributed by atoms with Gasteiger partial charge in [-0.1, -0.05) is 30.3 Å². The standard InChI is InChI=1S/C16H17N3O/c20-16-18-15-13-4-2-1-3-11(13)5-6-14(15)19(16)12-7-9-17-10-8-12/h1-6,12,17H,7-10H2,(H,18,20). The molecule has 0 amide bonds. The highest BCUT2D eigenvalue weighted by Crippen LogP contribution is 2.27. The maximum absolute atomic E-state index is 12.4. The number of aromatic nitrogens is 2. The molecule has 0 saturated carbocycles. The summed E-state index contributed by atoms with van der Waals surface area (Å²) < 4.78 is 1.95. The van der Waals surface area contributed by atoms with E-state index in [2.05, 4.69) is 34.6 Å². The van der Waals surface area contributed by atoms with Crippen molar-refractivity contribution in [3.05, 3.63) is 46.9 Å². The van der Waals surface area contributed by atoms with Crippen LogP contribution >= 0.6 is 0 Å². The number of hydrogen-bond acceptors (Lipinski definition) is 2. The van der Waals surface area contributed by atoms with Crippen molar-refractivity contribution in [1.82, 2.24) is 14.9 Å². The molecule has 2 aromatic carbocycles. The van der Waals surface area contributed by atoms with E-state index in [4.69, 9.17) is 0 Å². The van der Waals surface area contributed by atoms with Gasteiger partial charge in [0.1, 0.15) is 0 Å². The molecule has 0 radical (unpaired) electrons. The molecule has 1 fully saturated rings. The first-order chi connectivity index (χ1) is 9.84. The molecule has 0 aliphatic carbocycles. The van der Waals surface area contributed by atoms with E-state index in [0.29, 0.717) is 6.04 Å². The number of benzene rings is 2. The fourth-order valence-electron chi connectivity index (χ4n) is 3.30. The number of H-pyrrole nitrogens is 1. The highest BCUT2D eigenvalue weighted by Gasteiger charge is 2.20. The largest absolute Gasteiger partial charge is 0.326 e. The van der Waals surface area contributed by atoms with Crippen LogP contribution in [0.5, 0.6) is 0 Å². The number of hydrogen-bond donors (Lipinski definition) is 2. The van der Waals surface area contributed by atoms with E-state index in [1.54, 1.807) is 0 Å². The molecule has 3 aromatic rings. The van der Waals surface area contributed by atoms with Gasteiger partial charge in [-0.3, -0.25) is 4.57 Å². The van der Waals surface area contributed by atoms with Crippen LogP contribution in [0.15, 0.2) is 41.2 Å². The molecule has 0 unspecified atom stereocenters. The van der Waals surface area contributed by atoms with Crippen LogP contribution in [0.2, 0.25) is 0 Å². The van der Waals surface area contributed by atoms with E-state index in [-0.39, 0.29) is 5.69 Å². The lowest BCUT2D eigenvalue weighted by atomic mass is 10.1. The van der Waals surface area contributed by atoms with Crippen molar-refractivity contribution in [2.45, 2.75) is 18.9 Å². The minimum absolute atomic E-state index is 0.0169. The van der Waals surface area contributed by atoms with Crippen molar-refractivity contribution in [2.24, 2.45) is 0 Å². The summed E-state index contributed by atoms with van der Waals surface area (Å²) in [7, 11) is 0. The van der Waals surface area contributed by atoms with Crippen molar-refractivity contribution >= 4 is 21.8 Å². The average Bonchev–Trinajstić information content (AvgIpc) is 2.84. The van der Waals surface area contributed by atoms with Crippen LogP contribution in [0.3, 0.4) is 0 Å². The SMILES string of the molecule is O=c1[nH]c2c3ccccc3ccc2n1C1CCNCC1. The second-order valence-corrected chi connectivity index (χ2v) is 5.46. The lowest BCUT2D eigenvalue weighted by molar-refractivity contribution is 0.368. The molecule has 1 aromatic heterocycles. The molecule has 102 valence electrons. The Balaban J connectivity index is 1.99. The first kappa shape index (κ1) is 11.7. The van der Waals surface area contributed by atoms with Crippen LogP contribution in [-0.4, -0.2) is 22.6 Å².